The van der Waals surface area contributed by atoms with Gasteiger partial charge in [-0.3, -0.25) is 9.59 Å². The lowest BCUT2D eigenvalue weighted by Gasteiger charge is -2.31. The molecule has 1 rings (SSSR count). The van der Waals surface area contributed by atoms with Gasteiger partial charge in [0.05, 0.1) is 0 Å². The highest BCUT2D eigenvalue weighted by molar-refractivity contribution is 5.76. The molecule has 0 amide bonds. The largest absolute Gasteiger partial charge is 0.481 e. The molecule has 0 aromatic carbocycles. The van der Waals surface area contributed by atoms with Gasteiger partial charge in [0.1, 0.15) is 11.6 Å². The Morgan fingerprint density at radius 1 is 1.39 bits per heavy atom. The van der Waals surface area contributed by atoms with E-state index in [2.05, 4.69) is 5.32 Å². The highest BCUT2D eigenvalue weighted by atomic mass is 16.6. The summed E-state index contributed by atoms with van der Waals surface area (Å²) in [5.41, 5.74) is -0.479. The van der Waals surface area contributed by atoms with Crippen LogP contribution in [0, 0.1) is 5.92 Å². The first-order valence-electron chi connectivity index (χ1n) is 6.46. The van der Waals surface area contributed by atoms with Crippen molar-refractivity contribution >= 4 is 11.9 Å². The van der Waals surface area contributed by atoms with Crippen LogP contribution in [-0.2, 0) is 14.3 Å². The summed E-state index contributed by atoms with van der Waals surface area (Å²) in [7, 11) is 0. The van der Waals surface area contributed by atoms with Crippen LogP contribution in [0.15, 0.2) is 0 Å². The minimum atomic E-state index is -0.776. The molecule has 2 atom stereocenters. The second-order valence-corrected chi connectivity index (χ2v) is 5.86. The number of nitrogens with one attached hydrogen (secondary N) is 1. The van der Waals surface area contributed by atoms with Crippen molar-refractivity contribution in [3.8, 4) is 0 Å². The third-order valence-electron chi connectivity index (χ3n) is 2.97. The van der Waals surface area contributed by atoms with Crippen LogP contribution in [0.5, 0.6) is 0 Å². The SMILES string of the molecule is CC(C)(C)OC(=O)C1CC(CCC(=O)O)CCN1. The van der Waals surface area contributed by atoms with Gasteiger partial charge in [-0.05, 0) is 52.5 Å². The maximum atomic E-state index is 11.9. The number of rotatable bonds is 4. The number of hydrogen-bond acceptors (Lipinski definition) is 4. The number of carbonyl (C=O) groups is 2. The van der Waals surface area contributed by atoms with E-state index in [1.165, 1.54) is 0 Å². The summed E-state index contributed by atoms with van der Waals surface area (Å²) in [4.78, 5) is 22.4. The van der Waals surface area contributed by atoms with Crippen molar-refractivity contribution in [2.45, 2.75) is 58.1 Å². The maximum absolute atomic E-state index is 11.9. The molecular weight excluding hydrogens is 234 g/mol. The number of carboxylic acids is 1. The Morgan fingerprint density at radius 2 is 2.06 bits per heavy atom. The lowest BCUT2D eigenvalue weighted by Crippen LogP contribution is -2.46. The summed E-state index contributed by atoms with van der Waals surface area (Å²) in [6.45, 7) is 6.27. The Balaban J connectivity index is 2.43. The van der Waals surface area contributed by atoms with E-state index in [0.29, 0.717) is 18.8 Å². The smallest absolute Gasteiger partial charge is 0.323 e. The van der Waals surface area contributed by atoms with E-state index in [1.807, 2.05) is 20.8 Å². The highest BCUT2D eigenvalue weighted by Gasteiger charge is 2.30. The average molecular weight is 257 g/mol. The summed E-state index contributed by atoms with van der Waals surface area (Å²) in [5, 5.41) is 11.8. The normalized spacial score (nSPS) is 24.6. The van der Waals surface area contributed by atoms with E-state index in [1.54, 1.807) is 0 Å². The second kappa shape index (κ2) is 6.18. The predicted molar refractivity (Wildman–Crippen MR) is 67.2 cm³/mol. The fourth-order valence-corrected chi connectivity index (χ4v) is 2.14. The molecule has 0 saturated carbocycles. The summed E-state index contributed by atoms with van der Waals surface area (Å²) < 4.78 is 5.33. The van der Waals surface area contributed by atoms with Gasteiger partial charge in [0.2, 0.25) is 0 Å². The van der Waals surface area contributed by atoms with Crippen molar-refractivity contribution in [3.05, 3.63) is 0 Å². The minimum Gasteiger partial charge on any atom is -0.481 e. The monoisotopic (exact) mass is 257 g/mol. The summed E-state index contributed by atoms with van der Waals surface area (Å²) in [6, 6.07) is -0.295. The maximum Gasteiger partial charge on any atom is 0.323 e. The van der Waals surface area contributed by atoms with Crippen LogP contribution in [0.4, 0.5) is 0 Å². The van der Waals surface area contributed by atoms with Gasteiger partial charge < -0.3 is 15.2 Å². The molecule has 0 radical (unpaired) electrons. The quantitative estimate of drug-likeness (QED) is 0.747. The highest BCUT2D eigenvalue weighted by Crippen LogP contribution is 2.23. The van der Waals surface area contributed by atoms with Crippen molar-refractivity contribution in [2.24, 2.45) is 5.92 Å². The van der Waals surface area contributed by atoms with E-state index in [-0.39, 0.29) is 18.4 Å². The first kappa shape index (κ1) is 15.0. The number of ether oxygens (including phenoxy) is 1. The van der Waals surface area contributed by atoms with Crippen LogP contribution < -0.4 is 5.32 Å². The molecule has 5 nitrogen and oxygen atoms in total. The van der Waals surface area contributed by atoms with Crippen LogP contribution in [-0.4, -0.2) is 35.2 Å². The molecule has 0 bridgehead atoms. The van der Waals surface area contributed by atoms with Crippen LogP contribution in [0.25, 0.3) is 0 Å². The van der Waals surface area contributed by atoms with Crippen molar-refractivity contribution in [3.63, 3.8) is 0 Å². The predicted octanol–water partition coefficient (Wildman–Crippen LogP) is 1.56. The summed E-state index contributed by atoms with van der Waals surface area (Å²) in [6.07, 6.45) is 2.40. The molecule has 104 valence electrons. The van der Waals surface area contributed by atoms with E-state index < -0.39 is 11.6 Å². The molecule has 1 saturated heterocycles. The zero-order valence-electron chi connectivity index (χ0n) is 11.4. The van der Waals surface area contributed by atoms with Gasteiger partial charge in [-0.25, -0.2) is 0 Å². The fourth-order valence-electron chi connectivity index (χ4n) is 2.14. The first-order valence-corrected chi connectivity index (χ1v) is 6.46. The van der Waals surface area contributed by atoms with Gasteiger partial charge in [-0.1, -0.05) is 0 Å². The van der Waals surface area contributed by atoms with Gasteiger partial charge in [0.15, 0.2) is 0 Å². The van der Waals surface area contributed by atoms with Crippen LogP contribution in [0.1, 0.15) is 46.5 Å². The molecule has 1 aliphatic rings. The number of carbonyl (C=O) groups excluding carboxylic acids is 1. The Morgan fingerprint density at radius 3 is 2.61 bits per heavy atom. The zero-order chi connectivity index (χ0) is 13.8. The molecular formula is C13H23NO4. The number of esters is 1. The Bertz CT molecular complexity index is 309. The molecule has 0 aromatic heterocycles. The average Bonchev–Trinajstić information content (AvgIpc) is 2.24. The molecule has 1 aliphatic heterocycles. The molecule has 2 N–H and O–H groups in total. The summed E-state index contributed by atoms with van der Waals surface area (Å²) >= 11 is 0. The van der Waals surface area contributed by atoms with Crippen molar-refractivity contribution in [2.75, 3.05) is 6.54 Å². The lowest BCUT2D eigenvalue weighted by molar-refractivity contribution is -0.158. The molecule has 0 aromatic rings. The summed E-state index contributed by atoms with van der Waals surface area (Å²) in [5.74, 6) is -0.718. The third-order valence-corrected chi connectivity index (χ3v) is 2.97. The first-order chi connectivity index (χ1) is 8.28. The van der Waals surface area contributed by atoms with Gasteiger partial charge >= 0.3 is 11.9 Å². The van der Waals surface area contributed by atoms with Crippen LogP contribution >= 0.6 is 0 Å². The zero-order valence-corrected chi connectivity index (χ0v) is 11.4. The number of carboxylic acid groups (broad SMARTS) is 1. The van der Waals surface area contributed by atoms with Crippen LogP contribution in [0.3, 0.4) is 0 Å². The number of hydrogen-bond donors (Lipinski definition) is 2. The Kier molecular flexibility index (Phi) is 5.14. The van der Waals surface area contributed by atoms with E-state index in [0.717, 1.165) is 13.0 Å². The van der Waals surface area contributed by atoms with Gasteiger partial charge in [0, 0.05) is 6.42 Å². The molecule has 5 heteroatoms. The van der Waals surface area contributed by atoms with E-state index >= 15 is 0 Å². The van der Waals surface area contributed by atoms with Crippen molar-refractivity contribution < 1.29 is 19.4 Å². The molecule has 0 aliphatic carbocycles. The Hall–Kier alpha value is -1.10. The fraction of sp³-hybridized carbons (Fsp3) is 0.846. The van der Waals surface area contributed by atoms with Gasteiger partial charge in [-0.2, -0.15) is 0 Å². The Labute approximate surface area is 108 Å². The molecule has 2 unspecified atom stereocenters. The molecule has 18 heavy (non-hydrogen) atoms. The lowest BCUT2D eigenvalue weighted by atomic mass is 9.88. The minimum absolute atomic E-state index is 0.172. The van der Waals surface area contributed by atoms with E-state index in [9.17, 15) is 9.59 Å². The van der Waals surface area contributed by atoms with Crippen molar-refractivity contribution in [1.82, 2.24) is 5.32 Å². The van der Waals surface area contributed by atoms with Crippen molar-refractivity contribution in [1.29, 1.82) is 0 Å². The molecule has 1 fully saturated rings. The van der Waals surface area contributed by atoms with Gasteiger partial charge in [0.25, 0.3) is 0 Å². The van der Waals surface area contributed by atoms with E-state index in [4.69, 9.17) is 9.84 Å². The number of aliphatic carboxylic acids is 1. The standard InChI is InChI=1S/C13H23NO4/c1-13(2,3)18-12(17)10-8-9(6-7-14-10)4-5-11(15)16/h9-10,14H,4-8H2,1-3H3,(H,15,16). The topological polar surface area (TPSA) is 75.6 Å². The molecule has 0 spiro atoms. The second-order valence-electron chi connectivity index (χ2n) is 5.86. The third kappa shape index (κ3) is 5.49. The van der Waals surface area contributed by atoms with Gasteiger partial charge in [-0.15, -0.1) is 0 Å². The van der Waals surface area contributed by atoms with Crippen LogP contribution in [0.2, 0.25) is 0 Å². The number of piperidine rings is 1. The molecule has 1 heterocycles.